The lowest BCUT2D eigenvalue weighted by molar-refractivity contribution is -0.160. The van der Waals surface area contributed by atoms with E-state index in [9.17, 15) is 14.4 Å². The molecule has 0 rings (SSSR count). The third-order valence-electron chi connectivity index (χ3n) is 9.74. The number of methoxy groups -OCH3 is 1. The van der Waals surface area contributed by atoms with Crippen LogP contribution in [0.15, 0.2) is 0 Å². The number of nitrogens with two attached hydrogens (primary N) is 1. The Hall–Kier alpha value is -1.43. The van der Waals surface area contributed by atoms with Gasteiger partial charge in [0.15, 0.2) is 0 Å². The van der Waals surface area contributed by atoms with Gasteiger partial charge < -0.3 is 10.5 Å². The monoisotopic (exact) mass is 665 g/mol. The van der Waals surface area contributed by atoms with Gasteiger partial charge in [-0.25, -0.2) is 4.79 Å². The van der Waals surface area contributed by atoms with E-state index in [4.69, 9.17) is 10.5 Å². The van der Waals surface area contributed by atoms with Crippen LogP contribution in [0.3, 0.4) is 0 Å². The molecule has 2 N–H and O–H groups in total. The van der Waals surface area contributed by atoms with Crippen LogP contribution in [0.4, 0.5) is 0 Å². The lowest BCUT2D eigenvalue weighted by atomic mass is 10.0. The molecule has 0 heterocycles. The maximum absolute atomic E-state index is 13.4. The predicted octanol–water partition coefficient (Wildman–Crippen LogP) is 11.8. The maximum Gasteiger partial charge on any atom is 0.329 e. The summed E-state index contributed by atoms with van der Waals surface area (Å²) in [5, 5.41) is 0. The van der Waals surface area contributed by atoms with Crippen molar-refractivity contribution in [2.75, 3.05) is 13.7 Å². The van der Waals surface area contributed by atoms with E-state index in [0.29, 0.717) is 32.2 Å². The molecule has 1 atom stereocenters. The quantitative estimate of drug-likeness (QED) is 0.0532. The lowest BCUT2D eigenvalue weighted by Crippen LogP contribution is -2.49. The van der Waals surface area contributed by atoms with E-state index in [1.807, 2.05) is 0 Å². The number of carbonyl (C=O) groups excluding carboxylic acids is 3. The molecule has 0 spiro atoms. The molecule has 0 aliphatic heterocycles. The summed E-state index contributed by atoms with van der Waals surface area (Å²) in [6.07, 6.45) is 37.6. The van der Waals surface area contributed by atoms with Gasteiger partial charge in [-0.1, -0.05) is 181 Å². The van der Waals surface area contributed by atoms with Gasteiger partial charge in [0.25, 0.3) is 0 Å². The van der Waals surface area contributed by atoms with Crippen molar-refractivity contribution in [2.24, 2.45) is 5.73 Å². The zero-order chi connectivity index (χ0) is 34.6. The highest BCUT2D eigenvalue weighted by molar-refractivity contribution is 5.99. The number of imide groups is 1. The molecule has 0 aliphatic carbocycles. The highest BCUT2D eigenvalue weighted by atomic mass is 16.5. The van der Waals surface area contributed by atoms with Gasteiger partial charge in [-0.3, -0.25) is 14.5 Å². The number of hydrogen-bond donors (Lipinski definition) is 1. The Bertz CT molecular complexity index is 714. The van der Waals surface area contributed by atoms with E-state index in [1.54, 1.807) is 0 Å². The van der Waals surface area contributed by atoms with Crippen molar-refractivity contribution in [1.82, 2.24) is 4.90 Å². The fraction of sp³-hybridized carbons (Fsp3) is 0.927. The number of rotatable bonds is 36. The maximum atomic E-state index is 13.4. The van der Waals surface area contributed by atoms with Crippen LogP contribution in [0.1, 0.15) is 226 Å². The second-order valence-electron chi connectivity index (χ2n) is 14.2. The average Bonchev–Trinajstić information content (AvgIpc) is 3.07. The molecule has 0 aromatic carbocycles. The smallest absolute Gasteiger partial charge is 0.329 e. The minimum absolute atomic E-state index is 0.220. The SMILES string of the molecule is CCCCCCCCCCCCCCCCCC(=O)N(C(=O)CCCCCCCCCCCCCCC)[C@@H](CCCCN)C(=O)OC. The number of esters is 1. The van der Waals surface area contributed by atoms with Crippen molar-refractivity contribution in [3.8, 4) is 0 Å². The van der Waals surface area contributed by atoms with E-state index in [-0.39, 0.29) is 11.8 Å². The Morgan fingerprint density at radius 1 is 0.468 bits per heavy atom. The van der Waals surface area contributed by atoms with Crippen LogP contribution in [-0.2, 0) is 19.1 Å². The van der Waals surface area contributed by atoms with Gasteiger partial charge in [-0.15, -0.1) is 0 Å². The predicted molar refractivity (Wildman–Crippen MR) is 200 cm³/mol. The summed E-state index contributed by atoms with van der Waals surface area (Å²) >= 11 is 0. The van der Waals surface area contributed by atoms with Crippen molar-refractivity contribution >= 4 is 17.8 Å². The van der Waals surface area contributed by atoms with Crippen LogP contribution >= 0.6 is 0 Å². The van der Waals surface area contributed by atoms with E-state index in [1.165, 1.54) is 153 Å². The molecular weight excluding hydrogens is 584 g/mol. The zero-order valence-corrected chi connectivity index (χ0v) is 31.8. The first-order valence-electron chi connectivity index (χ1n) is 20.7. The normalized spacial score (nSPS) is 11.9. The Labute approximate surface area is 292 Å². The zero-order valence-electron chi connectivity index (χ0n) is 31.8. The average molecular weight is 665 g/mol. The Morgan fingerprint density at radius 3 is 1.04 bits per heavy atom. The van der Waals surface area contributed by atoms with Crippen LogP contribution in [-0.4, -0.2) is 42.4 Å². The van der Waals surface area contributed by atoms with Gasteiger partial charge in [0.2, 0.25) is 11.8 Å². The number of hydrogen-bond acceptors (Lipinski definition) is 5. The van der Waals surface area contributed by atoms with Gasteiger partial charge in [-0.05, 0) is 38.6 Å². The molecule has 6 heteroatoms. The molecule has 0 bridgehead atoms. The highest BCUT2D eigenvalue weighted by Gasteiger charge is 2.34. The molecule has 278 valence electrons. The summed E-state index contributed by atoms with van der Waals surface area (Å²) in [6.45, 7) is 5.05. The minimum Gasteiger partial charge on any atom is -0.467 e. The fourth-order valence-corrected chi connectivity index (χ4v) is 6.64. The lowest BCUT2D eigenvalue weighted by Gasteiger charge is -2.28. The van der Waals surface area contributed by atoms with Gasteiger partial charge >= 0.3 is 5.97 Å². The summed E-state index contributed by atoms with van der Waals surface area (Å²) in [4.78, 5) is 40.9. The molecule has 0 saturated carbocycles. The van der Waals surface area contributed by atoms with Crippen molar-refractivity contribution in [1.29, 1.82) is 0 Å². The van der Waals surface area contributed by atoms with Crippen molar-refractivity contribution in [3.05, 3.63) is 0 Å². The van der Waals surface area contributed by atoms with E-state index < -0.39 is 12.0 Å². The molecule has 0 unspecified atom stereocenters. The molecule has 0 radical (unpaired) electrons. The topological polar surface area (TPSA) is 89.7 Å². The number of carbonyl (C=O) groups is 3. The highest BCUT2D eigenvalue weighted by Crippen LogP contribution is 2.19. The van der Waals surface area contributed by atoms with Crippen LogP contribution in [0.5, 0.6) is 0 Å². The number of ether oxygens (including phenoxy) is 1. The molecule has 0 aliphatic rings. The Kier molecular flexibility index (Phi) is 34.8. The van der Waals surface area contributed by atoms with Crippen LogP contribution in [0.25, 0.3) is 0 Å². The van der Waals surface area contributed by atoms with Gasteiger partial charge in [0.1, 0.15) is 6.04 Å². The molecule has 0 fully saturated rings. The fourth-order valence-electron chi connectivity index (χ4n) is 6.64. The molecule has 6 nitrogen and oxygen atoms in total. The summed E-state index contributed by atoms with van der Waals surface area (Å²) < 4.78 is 5.06. The first-order chi connectivity index (χ1) is 23.0. The molecule has 0 aromatic rings. The van der Waals surface area contributed by atoms with Gasteiger partial charge in [0, 0.05) is 12.8 Å². The summed E-state index contributed by atoms with van der Waals surface area (Å²) in [5.74, 6) is -0.935. The molecule has 0 saturated heterocycles. The van der Waals surface area contributed by atoms with Crippen molar-refractivity contribution < 1.29 is 19.1 Å². The summed E-state index contributed by atoms with van der Waals surface area (Å²) in [5.41, 5.74) is 5.69. The largest absolute Gasteiger partial charge is 0.467 e. The first kappa shape index (κ1) is 45.6. The Balaban J connectivity index is 4.43. The van der Waals surface area contributed by atoms with Crippen LogP contribution in [0.2, 0.25) is 0 Å². The van der Waals surface area contributed by atoms with Crippen molar-refractivity contribution in [3.63, 3.8) is 0 Å². The molecule has 47 heavy (non-hydrogen) atoms. The molecular formula is C41H80N2O4. The number of amides is 2. The van der Waals surface area contributed by atoms with E-state index >= 15 is 0 Å². The van der Waals surface area contributed by atoms with E-state index in [2.05, 4.69) is 13.8 Å². The summed E-state index contributed by atoms with van der Waals surface area (Å²) in [6, 6.07) is -0.843. The number of unbranched alkanes of at least 4 members (excludes halogenated alkanes) is 27. The third-order valence-corrected chi connectivity index (χ3v) is 9.74. The third kappa shape index (κ3) is 28.1. The molecule has 2 amide bonds. The van der Waals surface area contributed by atoms with Gasteiger partial charge in [-0.2, -0.15) is 0 Å². The summed E-state index contributed by atoms with van der Waals surface area (Å²) in [7, 11) is 1.34. The standard InChI is InChI=1S/C41H80N2O4/c1-4-6-8-10-12-14-16-18-19-21-23-25-27-29-31-36-40(45)43(38(41(46)47-3)34-32-33-37-42)39(44)35-30-28-26-24-22-20-17-15-13-11-9-7-5-2/h38H,4-37,42H2,1-3H3/t38-/m0/s1. The second kappa shape index (κ2) is 35.9. The van der Waals surface area contributed by atoms with Gasteiger partial charge in [0.05, 0.1) is 7.11 Å². The minimum atomic E-state index is -0.843. The van der Waals surface area contributed by atoms with E-state index in [0.717, 1.165) is 44.9 Å². The number of nitrogens with zero attached hydrogens (tertiary/aromatic N) is 1. The van der Waals surface area contributed by atoms with Crippen molar-refractivity contribution in [2.45, 2.75) is 232 Å². The van der Waals surface area contributed by atoms with Crippen LogP contribution < -0.4 is 5.73 Å². The second-order valence-corrected chi connectivity index (χ2v) is 14.2. The first-order valence-corrected chi connectivity index (χ1v) is 20.7. The van der Waals surface area contributed by atoms with Crippen LogP contribution in [0, 0.1) is 0 Å². The molecule has 0 aromatic heterocycles. The Morgan fingerprint density at radius 2 is 0.766 bits per heavy atom.